The molecule has 0 unspecified atom stereocenters. The van der Waals surface area contributed by atoms with E-state index < -0.39 is 0 Å². The number of rotatable bonds is 6. The molecule has 124 valence electrons. The van der Waals surface area contributed by atoms with Gasteiger partial charge in [-0.25, -0.2) is 0 Å². The Labute approximate surface area is 158 Å². The number of hydrogen-bond donors (Lipinski definition) is 0. The van der Waals surface area contributed by atoms with Gasteiger partial charge in [-0.3, -0.25) is 4.79 Å². The van der Waals surface area contributed by atoms with Crippen LogP contribution in [0.25, 0.3) is 12.2 Å². The van der Waals surface area contributed by atoms with Crippen molar-refractivity contribution in [2.24, 2.45) is 0 Å². The Kier molecular flexibility index (Phi) is 6.82. The fraction of sp³-hybridized carbons (Fsp3) is 0.105. The summed E-state index contributed by atoms with van der Waals surface area (Å²) >= 11 is 6.84. The minimum absolute atomic E-state index is 0.0890. The van der Waals surface area contributed by atoms with Crippen molar-refractivity contribution in [2.75, 3.05) is 14.2 Å². The number of ketones is 1. The summed E-state index contributed by atoms with van der Waals surface area (Å²) in [7, 11) is 3.23. The van der Waals surface area contributed by atoms with Gasteiger partial charge < -0.3 is 9.47 Å². The molecule has 0 atom stereocenters. The van der Waals surface area contributed by atoms with E-state index in [-0.39, 0.29) is 5.78 Å². The highest BCUT2D eigenvalue weighted by Crippen LogP contribution is 2.27. The number of carbonyl (C=O) groups is 1. The first-order valence-corrected chi connectivity index (χ1v) is 8.69. The third kappa shape index (κ3) is 5.08. The van der Waals surface area contributed by atoms with Crippen molar-refractivity contribution < 1.29 is 14.3 Å². The van der Waals surface area contributed by atoms with E-state index in [4.69, 9.17) is 9.47 Å². The molecule has 0 spiro atoms. The van der Waals surface area contributed by atoms with Gasteiger partial charge in [-0.2, -0.15) is 0 Å². The zero-order chi connectivity index (χ0) is 17.5. The van der Waals surface area contributed by atoms with Crippen molar-refractivity contribution in [3.05, 3.63) is 68.6 Å². The molecule has 3 nitrogen and oxygen atoms in total. The lowest BCUT2D eigenvalue weighted by Gasteiger charge is -2.03. The monoisotopic (exact) mass is 450 g/mol. The molecule has 0 aromatic heterocycles. The normalized spacial score (nSPS) is 11.2. The second kappa shape index (κ2) is 8.85. The van der Waals surface area contributed by atoms with E-state index in [1.807, 2.05) is 36.4 Å². The van der Waals surface area contributed by atoms with Crippen molar-refractivity contribution in [3.8, 4) is 11.5 Å². The standard InChI is InChI=1S/C19H16Br2O3/c1-23-18-9-5-13(11-16(18)20)3-7-15(22)8-4-14-6-10-19(24-2)17(21)12-14/h3-12H,1-2H3/b7-3+,8-4+. The van der Waals surface area contributed by atoms with E-state index in [0.717, 1.165) is 31.6 Å². The highest BCUT2D eigenvalue weighted by molar-refractivity contribution is 9.10. The predicted octanol–water partition coefficient (Wildman–Crippen LogP) is 5.52. The Morgan fingerprint density at radius 2 is 1.25 bits per heavy atom. The number of benzene rings is 2. The van der Waals surface area contributed by atoms with E-state index in [0.29, 0.717) is 0 Å². The van der Waals surface area contributed by atoms with Crippen LogP contribution in [0.4, 0.5) is 0 Å². The fourth-order valence-corrected chi connectivity index (χ4v) is 3.10. The van der Waals surface area contributed by atoms with Crippen LogP contribution >= 0.6 is 31.9 Å². The molecule has 0 aliphatic carbocycles. The van der Waals surface area contributed by atoms with Crippen LogP contribution in [0.15, 0.2) is 57.5 Å². The third-order valence-corrected chi connectivity index (χ3v) is 4.47. The molecular formula is C19H16Br2O3. The number of allylic oxidation sites excluding steroid dienone is 2. The maximum absolute atomic E-state index is 12.0. The summed E-state index contributed by atoms with van der Waals surface area (Å²) in [6, 6.07) is 11.3. The number of ether oxygens (including phenoxy) is 2. The molecule has 0 aliphatic rings. The molecule has 0 N–H and O–H groups in total. The van der Waals surface area contributed by atoms with Crippen LogP contribution in [0.5, 0.6) is 11.5 Å². The van der Waals surface area contributed by atoms with Crippen molar-refractivity contribution in [1.29, 1.82) is 0 Å². The highest BCUT2D eigenvalue weighted by atomic mass is 79.9. The Morgan fingerprint density at radius 1 is 0.833 bits per heavy atom. The molecule has 0 bridgehead atoms. The molecule has 0 amide bonds. The van der Waals surface area contributed by atoms with Gasteiger partial charge in [0.2, 0.25) is 0 Å². The SMILES string of the molecule is COc1ccc(/C=C/C(=O)/C=C/c2ccc(OC)c(Br)c2)cc1Br. The summed E-state index contributed by atoms with van der Waals surface area (Å²) < 4.78 is 12.0. The van der Waals surface area contributed by atoms with Crippen LogP contribution < -0.4 is 9.47 Å². The minimum Gasteiger partial charge on any atom is -0.496 e. The summed E-state index contributed by atoms with van der Waals surface area (Å²) in [4.78, 5) is 12.0. The van der Waals surface area contributed by atoms with Gasteiger partial charge in [0.05, 0.1) is 23.2 Å². The summed E-state index contributed by atoms with van der Waals surface area (Å²) in [6.45, 7) is 0. The molecule has 2 aromatic rings. The van der Waals surface area contributed by atoms with Crippen molar-refractivity contribution in [3.63, 3.8) is 0 Å². The molecule has 0 aliphatic heterocycles. The lowest BCUT2D eigenvalue weighted by Crippen LogP contribution is -1.87. The van der Waals surface area contributed by atoms with Gasteiger partial charge in [0.15, 0.2) is 5.78 Å². The smallest absolute Gasteiger partial charge is 0.178 e. The average molecular weight is 452 g/mol. The Hall–Kier alpha value is -1.85. The number of carbonyl (C=O) groups excluding carboxylic acids is 1. The van der Waals surface area contributed by atoms with Crippen LogP contribution in [0, 0.1) is 0 Å². The zero-order valence-electron chi connectivity index (χ0n) is 13.3. The number of halogens is 2. The lowest BCUT2D eigenvalue weighted by atomic mass is 10.1. The van der Waals surface area contributed by atoms with Crippen molar-refractivity contribution in [1.82, 2.24) is 0 Å². The Balaban J connectivity index is 2.04. The van der Waals surface area contributed by atoms with Gasteiger partial charge in [0.1, 0.15) is 11.5 Å². The minimum atomic E-state index is -0.0890. The number of methoxy groups -OCH3 is 2. The topological polar surface area (TPSA) is 35.5 Å². The van der Waals surface area contributed by atoms with Gasteiger partial charge in [-0.05, 0) is 79.4 Å². The van der Waals surface area contributed by atoms with Crippen LogP contribution in [0.2, 0.25) is 0 Å². The summed E-state index contributed by atoms with van der Waals surface area (Å²) in [5.74, 6) is 1.42. The fourth-order valence-electron chi connectivity index (χ4n) is 1.98. The molecule has 0 heterocycles. The van der Waals surface area contributed by atoms with E-state index in [2.05, 4.69) is 31.9 Å². The summed E-state index contributed by atoms with van der Waals surface area (Å²) in [5.41, 5.74) is 1.83. The van der Waals surface area contributed by atoms with Gasteiger partial charge >= 0.3 is 0 Å². The van der Waals surface area contributed by atoms with E-state index in [9.17, 15) is 4.79 Å². The zero-order valence-corrected chi connectivity index (χ0v) is 16.4. The van der Waals surface area contributed by atoms with Crippen molar-refractivity contribution >= 4 is 49.8 Å². The van der Waals surface area contributed by atoms with Crippen LogP contribution in [0.3, 0.4) is 0 Å². The highest BCUT2D eigenvalue weighted by Gasteiger charge is 2.01. The Morgan fingerprint density at radius 3 is 1.58 bits per heavy atom. The first kappa shape index (κ1) is 18.5. The molecule has 5 heteroatoms. The van der Waals surface area contributed by atoms with Crippen molar-refractivity contribution in [2.45, 2.75) is 0 Å². The molecular weight excluding hydrogens is 436 g/mol. The van der Waals surface area contributed by atoms with Gasteiger partial charge in [-0.1, -0.05) is 24.3 Å². The molecule has 2 rings (SSSR count). The second-order valence-corrected chi connectivity index (χ2v) is 6.57. The third-order valence-electron chi connectivity index (χ3n) is 3.23. The van der Waals surface area contributed by atoms with E-state index >= 15 is 0 Å². The van der Waals surface area contributed by atoms with E-state index in [1.54, 1.807) is 26.4 Å². The van der Waals surface area contributed by atoms with Crippen LogP contribution in [-0.4, -0.2) is 20.0 Å². The quantitative estimate of drug-likeness (QED) is 0.542. The maximum atomic E-state index is 12.0. The largest absolute Gasteiger partial charge is 0.496 e. The molecule has 24 heavy (non-hydrogen) atoms. The molecule has 0 radical (unpaired) electrons. The van der Waals surface area contributed by atoms with Crippen LogP contribution in [-0.2, 0) is 4.79 Å². The first-order valence-electron chi connectivity index (χ1n) is 7.10. The lowest BCUT2D eigenvalue weighted by molar-refractivity contribution is -0.110. The second-order valence-electron chi connectivity index (χ2n) is 4.86. The van der Waals surface area contributed by atoms with Gasteiger partial charge in [-0.15, -0.1) is 0 Å². The summed E-state index contributed by atoms with van der Waals surface area (Å²) in [6.07, 6.45) is 6.59. The van der Waals surface area contributed by atoms with Gasteiger partial charge in [0.25, 0.3) is 0 Å². The van der Waals surface area contributed by atoms with E-state index in [1.165, 1.54) is 12.2 Å². The maximum Gasteiger partial charge on any atom is 0.178 e. The predicted molar refractivity (Wildman–Crippen MR) is 104 cm³/mol. The Bertz CT molecular complexity index is 730. The molecule has 0 saturated heterocycles. The first-order chi connectivity index (χ1) is 11.5. The number of hydrogen-bond acceptors (Lipinski definition) is 3. The average Bonchev–Trinajstić information content (AvgIpc) is 2.58. The summed E-state index contributed by atoms with van der Waals surface area (Å²) in [5, 5.41) is 0. The molecule has 2 aromatic carbocycles. The van der Waals surface area contributed by atoms with Gasteiger partial charge in [0, 0.05) is 0 Å². The molecule has 0 saturated carbocycles. The molecule has 0 fully saturated rings. The van der Waals surface area contributed by atoms with Crippen LogP contribution in [0.1, 0.15) is 11.1 Å².